The molecule has 0 aliphatic heterocycles. The highest BCUT2D eigenvalue weighted by molar-refractivity contribution is 5.19. The average molecular weight is 273 g/mol. The van der Waals surface area contributed by atoms with E-state index in [4.69, 9.17) is 0 Å². The fourth-order valence-electron chi connectivity index (χ4n) is 2.71. The van der Waals surface area contributed by atoms with Crippen LogP contribution in [-0.2, 0) is 6.54 Å². The normalized spacial score (nSPS) is 23.3. The number of halogens is 3. The highest BCUT2D eigenvalue weighted by Gasteiger charge is 2.26. The number of rotatable bonds is 4. The first-order valence-corrected chi connectivity index (χ1v) is 6.47. The van der Waals surface area contributed by atoms with Crippen molar-refractivity contribution < 1.29 is 18.3 Å². The molecule has 2 nitrogen and oxygen atoms in total. The highest BCUT2D eigenvalue weighted by Crippen LogP contribution is 2.26. The Labute approximate surface area is 110 Å². The van der Waals surface area contributed by atoms with Crippen LogP contribution in [0.25, 0.3) is 0 Å². The number of hydrogen-bond acceptors (Lipinski definition) is 2. The topological polar surface area (TPSA) is 23.5 Å². The van der Waals surface area contributed by atoms with Gasteiger partial charge in [0.15, 0.2) is 17.5 Å². The van der Waals surface area contributed by atoms with Crippen molar-refractivity contribution in [1.29, 1.82) is 0 Å². The van der Waals surface area contributed by atoms with Crippen LogP contribution < -0.4 is 0 Å². The Balaban J connectivity index is 1.97. The molecule has 1 aromatic rings. The smallest absolute Gasteiger partial charge is 0.194 e. The van der Waals surface area contributed by atoms with Gasteiger partial charge in [-0.3, -0.25) is 0 Å². The zero-order chi connectivity index (χ0) is 14.0. The Hall–Kier alpha value is -1.07. The van der Waals surface area contributed by atoms with E-state index in [1.54, 1.807) is 0 Å². The number of benzene rings is 1. The third-order valence-electron chi connectivity index (χ3n) is 3.66. The van der Waals surface area contributed by atoms with Crippen molar-refractivity contribution in [1.82, 2.24) is 4.90 Å². The van der Waals surface area contributed by atoms with Crippen LogP contribution in [0.3, 0.4) is 0 Å². The lowest BCUT2D eigenvalue weighted by molar-refractivity contribution is 0.108. The number of nitrogens with zero attached hydrogens (tertiary/aromatic N) is 1. The summed E-state index contributed by atoms with van der Waals surface area (Å²) in [6, 6.07) is 2.03. The van der Waals surface area contributed by atoms with Crippen LogP contribution in [-0.4, -0.2) is 29.7 Å². The second-order valence-corrected chi connectivity index (χ2v) is 5.33. The number of aliphatic hydroxyl groups excluding tert-OH is 1. The van der Waals surface area contributed by atoms with E-state index in [0.29, 0.717) is 18.7 Å². The molecule has 1 aromatic carbocycles. The van der Waals surface area contributed by atoms with Crippen LogP contribution in [0, 0.1) is 23.4 Å². The van der Waals surface area contributed by atoms with Gasteiger partial charge >= 0.3 is 0 Å². The molecule has 0 aromatic heterocycles. The summed E-state index contributed by atoms with van der Waals surface area (Å²) >= 11 is 0. The van der Waals surface area contributed by atoms with E-state index in [1.807, 2.05) is 11.9 Å². The summed E-state index contributed by atoms with van der Waals surface area (Å²) in [5.41, 5.74) is 0.395. The van der Waals surface area contributed by atoms with Crippen molar-refractivity contribution in [2.45, 2.75) is 31.9 Å². The van der Waals surface area contributed by atoms with Crippen molar-refractivity contribution in [3.05, 3.63) is 35.1 Å². The van der Waals surface area contributed by atoms with Crippen molar-refractivity contribution in [2.24, 2.45) is 5.92 Å². The van der Waals surface area contributed by atoms with Gasteiger partial charge in [-0.05, 0) is 43.5 Å². The van der Waals surface area contributed by atoms with Gasteiger partial charge in [0.1, 0.15) is 0 Å². The first-order valence-electron chi connectivity index (χ1n) is 6.47. The Morgan fingerprint density at radius 1 is 1.21 bits per heavy atom. The Bertz CT molecular complexity index is 429. The van der Waals surface area contributed by atoms with Crippen molar-refractivity contribution in [3.8, 4) is 0 Å². The van der Waals surface area contributed by atoms with Crippen LogP contribution >= 0.6 is 0 Å². The molecule has 5 heteroatoms. The molecule has 1 aliphatic rings. The van der Waals surface area contributed by atoms with Crippen LogP contribution in [0.15, 0.2) is 12.1 Å². The van der Waals surface area contributed by atoms with E-state index < -0.39 is 17.5 Å². The maximum absolute atomic E-state index is 13.1. The largest absolute Gasteiger partial charge is 0.393 e. The van der Waals surface area contributed by atoms with Gasteiger partial charge in [0.25, 0.3) is 0 Å². The van der Waals surface area contributed by atoms with Crippen molar-refractivity contribution in [2.75, 3.05) is 13.6 Å². The van der Waals surface area contributed by atoms with Crippen LogP contribution in [0.1, 0.15) is 24.8 Å². The highest BCUT2D eigenvalue weighted by atomic mass is 19.2. The molecule has 1 saturated carbocycles. The zero-order valence-electron chi connectivity index (χ0n) is 10.9. The third-order valence-corrected chi connectivity index (χ3v) is 3.66. The van der Waals surface area contributed by atoms with Crippen LogP contribution in [0.5, 0.6) is 0 Å². The zero-order valence-corrected chi connectivity index (χ0v) is 10.9. The molecule has 2 atom stereocenters. The summed E-state index contributed by atoms with van der Waals surface area (Å²) in [5, 5.41) is 9.73. The lowest BCUT2D eigenvalue weighted by Crippen LogP contribution is -2.29. The van der Waals surface area contributed by atoms with E-state index >= 15 is 0 Å². The molecule has 1 aliphatic carbocycles. The van der Waals surface area contributed by atoms with Gasteiger partial charge in [-0.15, -0.1) is 0 Å². The summed E-state index contributed by atoms with van der Waals surface area (Å²) in [7, 11) is 1.82. The molecule has 1 fully saturated rings. The lowest BCUT2D eigenvalue weighted by atomic mass is 10.1. The predicted molar refractivity (Wildman–Crippen MR) is 66.0 cm³/mol. The van der Waals surface area contributed by atoms with Gasteiger partial charge in [-0.1, -0.05) is 6.42 Å². The molecule has 0 amide bonds. The molecule has 0 saturated heterocycles. The molecule has 0 radical (unpaired) electrons. The molecular formula is C14H18F3NO. The predicted octanol–water partition coefficient (Wildman–Crippen LogP) is 2.70. The minimum atomic E-state index is -1.43. The molecule has 2 unspecified atom stereocenters. The summed E-state index contributed by atoms with van der Waals surface area (Å²) in [5.74, 6) is -3.55. The van der Waals surface area contributed by atoms with E-state index in [2.05, 4.69) is 0 Å². The summed E-state index contributed by atoms with van der Waals surface area (Å²) in [6.07, 6.45) is 2.51. The molecule has 1 N–H and O–H groups in total. The molecule has 0 spiro atoms. The van der Waals surface area contributed by atoms with E-state index in [1.165, 1.54) is 0 Å². The Morgan fingerprint density at radius 2 is 1.84 bits per heavy atom. The fourth-order valence-corrected chi connectivity index (χ4v) is 2.71. The first kappa shape index (κ1) is 14.3. The third kappa shape index (κ3) is 3.48. The quantitative estimate of drug-likeness (QED) is 0.853. The van der Waals surface area contributed by atoms with Crippen molar-refractivity contribution in [3.63, 3.8) is 0 Å². The number of aliphatic hydroxyl groups is 1. The van der Waals surface area contributed by atoms with Gasteiger partial charge in [0.2, 0.25) is 0 Å². The minimum absolute atomic E-state index is 0.208. The van der Waals surface area contributed by atoms with Crippen LogP contribution in [0.2, 0.25) is 0 Å². The van der Waals surface area contributed by atoms with E-state index in [0.717, 1.165) is 31.4 Å². The summed E-state index contributed by atoms with van der Waals surface area (Å²) in [6.45, 7) is 0.999. The first-order chi connectivity index (χ1) is 8.97. The molecular weight excluding hydrogens is 255 g/mol. The number of hydrogen-bond donors (Lipinski definition) is 1. The Morgan fingerprint density at radius 3 is 2.37 bits per heavy atom. The molecule has 2 rings (SSSR count). The summed E-state index contributed by atoms with van der Waals surface area (Å²) in [4.78, 5) is 1.89. The van der Waals surface area contributed by atoms with E-state index in [9.17, 15) is 18.3 Å². The SMILES string of the molecule is CN(Cc1cc(F)c(F)c(F)c1)CC1CCCC1O. The van der Waals surface area contributed by atoms with Gasteiger partial charge in [0, 0.05) is 13.1 Å². The lowest BCUT2D eigenvalue weighted by Gasteiger charge is -2.23. The van der Waals surface area contributed by atoms with Crippen LogP contribution in [0.4, 0.5) is 13.2 Å². The van der Waals surface area contributed by atoms with Gasteiger partial charge in [-0.25, -0.2) is 13.2 Å². The standard InChI is InChI=1S/C14H18F3NO/c1-18(8-10-3-2-4-13(10)19)7-9-5-11(15)14(17)12(16)6-9/h5-6,10,13,19H,2-4,7-8H2,1H3. The maximum Gasteiger partial charge on any atom is 0.194 e. The van der Waals surface area contributed by atoms with Gasteiger partial charge in [-0.2, -0.15) is 0 Å². The molecule has 0 bridgehead atoms. The minimum Gasteiger partial charge on any atom is -0.393 e. The van der Waals surface area contributed by atoms with E-state index in [-0.39, 0.29) is 12.0 Å². The monoisotopic (exact) mass is 273 g/mol. The second-order valence-electron chi connectivity index (χ2n) is 5.33. The molecule has 0 heterocycles. The Kier molecular flexibility index (Phi) is 4.47. The average Bonchev–Trinajstić information content (AvgIpc) is 2.72. The van der Waals surface area contributed by atoms with Crippen molar-refractivity contribution >= 4 is 0 Å². The maximum atomic E-state index is 13.1. The second kappa shape index (κ2) is 5.92. The fraction of sp³-hybridized carbons (Fsp3) is 0.571. The van der Waals surface area contributed by atoms with Gasteiger partial charge < -0.3 is 10.0 Å². The van der Waals surface area contributed by atoms with Gasteiger partial charge in [0.05, 0.1) is 6.10 Å². The summed E-state index contributed by atoms with van der Waals surface area (Å²) < 4.78 is 39.0. The molecule has 19 heavy (non-hydrogen) atoms. The molecule has 106 valence electrons.